The molecule has 0 saturated carbocycles. The van der Waals surface area contributed by atoms with Gasteiger partial charge in [-0.15, -0.1) is 0 Å². The average molecular weight is 227 g/mol. The normalized spacial score (nSPS) is 12.2. The maximum Gasteiger partial charge on any atom is 0.371 e. The van der Waals surface area contributed by atoms with Gasteiger partial charge in [-0.25, -0.2) is 4.79 Å². The third-order valence-corrected chi connectivity index (χ3v) is 2.27. The lowest BCUT2D eigenvalue weighted by molar-refractivity contribution is 0.0624. The summed E-state index contributed by atoms with van der Waals surface area (Å²) >= 11 is 0. The van der Waals surface area contributed by atoms with Crippen molar-refractivity contribution in [1.29, 1.82) is 0 Å². The van der Waals surface area contributed by atoms with Gasteiger partial charge in [-0.05, 0) is 19.1 Å². The molecule has 0 aromatic carbocycles. The van der Waals surface area contributed by atoms with Gasteiger partial charge < -0.3 is 19.5 Å². The van der Waals surface area contributed by atoms with E-state index in [0.717, 1.165) is 0 Å². The van der Waals surface area contributed by atoms with Crippen LogP contribution in [0.15, 0.2) is 16.5 Å². The summed E-state index contributed by atoms with van der Waals surface area (Å²) < 4.78 is 4.85. The molecule has 6 heteroatoms. The number of aliphatic hydroxyl groups is 1. The smallest absolute Gasteiger partial charge is 0.371 e. The number of hydrogen-bond acceptors (Lipinski definition) is 4. The van der Waals surface area contributed by atoms with Crippen LogP contribution in [-0.2, 0) is 0 Å². The van der Waals surface area contributed by atoms with Gasteiger partial charge in [0, 0.05) is 7.05 Å². The zero-order valence-electron chi connectivity index (χ0n) is 9.01. The molecule has 88 valence electrons. The van der Waals surface area contributed by atoms with E-state index in [1.54, 1.807) is 6.92 Å². The van der Waals surface area contributed by atoms with Gasteiger partial charge >= 0.3 is 5.97 Å². The van der Waals surface area contributed by atoms with E-state index < -0.39 is 11.9 Å². The van der Waals surface area contributed by atoms with Gasteiger partial charge in [-0.3, -0.25) is 4.79 Å². The number of nitrogens with zero attached hydrogens (tertiary/aromatic N) is 1. The maximum absolute atomic E-state index is 11.7. The van der Waals surface area contributed by atoms with Crippen molar-refractivity contribution in [1.82, 2.24) is 4.90 Å². The van der Waals surface area contributed by atoms with E-state index >= 15 is 0 Å². The number of hydrogen-bond donors (Lipinski definition) is 2. The van der Waals surface area contributed by atoms with Crippen molar-refractivity contribution in [3.05, 3.63) is 23.7 Å². The minimum Gasteiger partial charge on any atom is -0.475 e. The third-order valence-electron chi connectivity index (χ3n) is 2.27. The molecule has 0 bridgehead atoms. The Bertz CT molecular complexity index is 398. The zero-order valence-corrected chi connectivity index (χ0v) is 9.01. The van der Waals surface area contributed by atoms with Gasteiger partial charge in [0.2, 0.25) is 5.76 Å². The lowest BCUT2D eigenvalue weighted by Gasteiger charge is -2.21. The number of carbonyl (C=O) groups excluding carboxylic acids is 1. The molecule has 1 amide bonds. The highest BCUT2D eigenvalue weighted by Gasteiger charge is 2.21. The van der Waals surface area contributed by atoms with Gasteiger partial charge in [-0.1, -0.05) is 0 Å². The predicted molar refractivity (Wildman–Crippen MR) is 54.3 cm³/mol. The fourth-order valence-electron chi connectivity index (χ4n) is 1.06. The minimum atomic E-state index is -1.23. The number of carbonyl (C=O) groups is 2. The van der Waals surface area contributed by atoms with Crippen LogP contribution in [0.4, 0.5) is 0 Å². The molecule has 0 saturated heterocycles. The number of carboxylic acids is 1. The van der Waals surface area contributed by atoms with Crippen molar-refractivity contribution in [3.63, 3.8) is 0 Å². The highest BCUT2D eigenvalue weighted by atomic mass is 16.4. The Balaban J connectivity index is 2.84. The molecule has 1 aromatic heterocycles. The Morgan fingerprint density at radius 3 is 2.44 bits per heavy atom. The summed E-state index contributed by atoms with van der Waals surface area (Å²) in [4.78, 5) is 23.5. The number of aromatic carboxylic acids is 1. The largest absolute Gasteiger partial charge is 0.475 e. The quantitative estimate of drug-likeness (QED) is 0.778. The van der Waals surface area contributed by atoms with E-state index in [1.807, 2.05) is 0 Å². The van der Waals surface area contributed by atoms with Crippen LogP contribution in [0.2, 0.25) is 0 Å². The fourth-order valence-corrected chi connectivity index (χ4v) is 1.06. The predicted octanol–water partition coefficient (Wildman–Crippen LogP) is 0.431. The van der Waals surface area contributed by atoms with Gasteiger partial charge in [0.1, 0.15) is 0 Å². The first kappa shape index (κ1) is 12.3. The van der Waals surface area contributed by atoms with Crippen LogP contribution in [0.1, 0.15) is 28.0 Å². The van der Waals surface area contributed by atoms with Gasteiger partial charge in [0.15, 0.2) is 5.76 Å². The van der Waals surface area contributed by atoms with Crippen LogP contribution in [-0.4, -0.2) is 46.7 Å². The third kappa shape index (κ3) is 2.40. The molecule has 0 aliphatic carbocycles. The molecule has 1 atom stereocenters. The zero-order chi connectivity index (χ0) is 12.3. The molecular formula is C10H13NO5. The highest BCUT2D eigenvalue weighted by molar-refractivity contribution is 5.93. The van der Waals surface area contributed by atoms with Crippen molar-refractivity contribution in [2.45, 2.75) is 13.0 Å². The molecule has 2 N–H and O–H groups in total. The van der Waals surface area contributed by atoms with E-state index in [2.05, 4.69) is 0 Å². The number of carboxylic acid groups (broad SMARTS) is 1. The standard InChI is InChI=1S/C10H13NO5/c1-6(5-12)11(2)9(13)7-3-4-8(16-7)10(14)15/h3-4,6,12H,5H2,1-2H3,(H,14,15). The molecule has 1 aromatic rings. The van der Waals surface area contributed by atoms with E-state index in [0.29, 0.717) is 0 Å². The molecule has 6 nitrogen and oxygen atoms in total. The molecule has 1 heterocycles. The van der Waals surface area contributed by atoms with Crippen molar-refractivity contribution >= 4 is 11.9 Å². The lowest BCUT2D eigenvalue weighted by atomic mass is 10.3. The molecule has 0 aliphatic heterocycles. The Kier molecular flexibility index (Phi) is 3.68. The van der Waals surface area contributed by atoms with Crippen LogP contribution in [0.5, 0.6) is 0 Å². The second kappa shape index (κ2) is 4.80. The van der Waals surface area contributed by atoms with Crippen molar-refractivity contribution in [2.75, 3.05) is 13.7 Å². The summed E-state index contributed by atoms with van der Waals surface area (Å²) in [6.07, 6.45) is 0. The van der Waals surface area contributed by atoms with Crippen LogP contribution < -0.4 is 0 Å². The highest BCUT2D eigenvalue weighted by Crippen LogP contribution is 2.11. The van der Waals surface area contributed by atoms with Gasteiger partial charge in [-0.2, -0.15) is 0 Å². The summed E-state index contributed by atoms with van der Waals surface area (Å²) in [6.45, 7) is 1.49. The van der Waals surface area contributed by atoms with Crippen molar-refractivity contribution in [3.8, 4) is 0 Å². The van der Waals surface area contributed by atoms with Gasteiger partial charge in [0.25, 0.3) is 5.91 Å². The Morgan fingerprint density at radius 1 is 1.44 bits per heavy atom. The number of rotatable bonds is 4. The first-order valence-electron chi connectivity index (χ1n) is 4.68. The van der Waals surface area contributed by atoms with E-state index in [4.69, 9.17) is 14.6 Å². The van der Waals surface area contributed by atoms with E-state index in [-0.39, 0.29) is 24.2 Å². The van der Waals surface area contributed by atoms with E-state index in [9.17, 15) is 9.59 Å². The average Bonchev–Trinajstić information content (AvgIpc) is 2.75. The first-order chi connectivity index (χ1) is 7.47. The van der Waals surface area contributed by atoms with Crippen LogP contribution in [0, 0.1) is 0 Å². The number of amides is 1. The summed E-state index contributed by atoms with van der Waals surface area (Å²) in [5.74, 6) is -2.03. The Hall–Kier alpha value is -1.82. The minimum absolute atomic E-state index is 0.0554. The van der Waals surface area contributed by atoms with E-state index in [1.165, 1.54) is 24.1 Å². The molecule has 1 unspecified atom stereocenters. The van der Waals surface area contributed by atoms with Crippen LogP contribution >= 0.6 is 0 Å². The molecular weight excluding hydrogens is 214 g/mol. The van der Waals surface area contributed by atoms with Crippen LogP contribution in [0.3, 0.4) is 0 Å². The van der Waals surface area contributed by atoms with Crippen molar-refractivity contribution in [2.24, 2.45) is 0 Å². The Labute approximate surface area is 92.1 Å². The molecule has 0 aliphatic rings. The Morgan fingerprint density at radius 2 is 2.00 bits per heavy atom. The number of aliphatic hydroxyl groups excluding tert-OH is 1. The maximum atomic E-state index is 11.7. The summed E-state index contributed by atoms with van der Waals surface area (Å²) in [6, 6.07) is 2.16. The molecule has 0 fully saturated rings. The fraction of sp³-hybridized carbons (Fsp3) is 0.400. The first-order valence-corrected chi connectivity index (χ1v) is 4.68. The molecule has 1 rings (SSSR count). The number of likely N-dealkylation sites (N-methyl/N-ethyl adjacent to an activating group) is 1. The lowest BCUT2D eigenvalue weighted by Crippen LogP contribution is -2.37. The molecule has 0 radical (unpaired) electrons. The summed E-state index contributed by atoms with van der Waals surface area (Å²) in [7, 11) is 1.51. The second-order valence-corrected chi connectivity index (χ2v) is 3.42. The number of furan rings is 1. The molecule has 16 heavy (non-hydrogen) atoms. The van der Waals surface area contributed by atoms with Crippen LogP contribution in [0.25, 0.3) is 0 Å². The monoisotopic (exact) mass is 227 g/mol. The van der Waals surface area contributed by atoms with Crippen molar-refractivity contribution < 1.29 is 24.2 Å². The topological polar surface area (TPSA) is 91.0 Å². The summed E-state index contributed by atoms with van der Waals surface area (Å²) in [5.41, 5.74) is 0. The van der Waals surface area contributed by atoms with Gasteiger partial charge in [0.05, 0.1) is 12.6 Å². The SMILES string of the molecule is CC(CO)N(C)C(=O)c1ccc(C(=O)O)o1. The molecule has 0 spiro atoms. The second-order valence-electron chi connectivity index (χ2n) is 3.42. The summed E-state index contributed by atoms with van der Waals surface area (Å²) in [5, 5.41) is 17.5.